The van der Waals surface area contributed by atoms with Gasteiger partial charge in [0.2, 0.25) is 0 Å². The van der Waals surface area contributed by atoms with Crippen molar-refractivity contribution in [3.63, 3.8) is 0 Å². The number of halogens is 1. The Morgan fingerprint density at radius 1 is 0.879 bits per heavy atom. The highest BCUT2D eigenvalue weighted by atomic mass is 35.5. The van der Waals surface area contributed by atoms with Crippen LogP contribution < -0.4 is 19.5 Å². The molecule has 5 nitrogen and oxygen atoms in total. The summed E-state index contributed by atoms with van der Waals surface area (Å²) in [6.07, 6.45) is 0. The van der Waals surface area contributed by atoms with Crippen molar-refractivity contribution >= 4 is 34.0 Å². The fourth-order valence-corrected chi connectivity index (χ4v) is 3.75. The van der Waals surface area contributed by atoms with E-state index in [4.69, 9.17) is 25.8 Å². The number of nitrogens with one attached hydrogen (secondary N) is 1. The van der Waals surface area contributed by atoms with Gasteiger partial charge in [0, 0.05) is 16.8 Å². The highest BCUT2D eigenvalue weighted by Gasteiger charge is 2.13. The predicted molar refractivity (Wildman–Crippen MR) is 132 cm³/mol. The molecule has 0 spiro atoms. The monoisotopic (exact) mass is 461 g/mol. The summed E-state index contributed by atoms with van der Waals surface area (Å²) in [5.74, 6) is 1.72. The Labute approximate surface area is 197 Å². The second kappa shape index (κ2) is 10.3. The summed E-state index contributed by atoms with van der Waals surface area (Å²) in [4.78, 5) is 12.9. The fraction of sp³-hybridized carbons (Fsp3) is 0.148. The Bertz CT molecular complexity index is 1290. The van der Waals surface area contributed by atoms with Crippen LogP contribution in [-0.4, -0.2) is 19.6 Å². The maximum absolute atomic E-state index is 12.9. The molecule has 0 unspecified atom stereocenters. The van der Waals surface area contributed by atoms with Gasteiger partial charge in [-0.25, -0.2) is 0 Å². The summed E-state index contributed by atoms with van der Waals surface area (Å²) in [7, 11) is 1.54. The molecule has 0 saturated carbocycles. The molecule has 6 heteroatoms. The first-order valence-electron chi connectivity index (χ1n) is 10.6. The number of amides is 1. The van der Waals surface area contributed by atoms with Gasteiger partial charge in [-0.2, -0.15) is 0 Å². The summed E-state index contributed by atoms with van der Waals surface area (Å²) < 4.78 is 16.9. The van der Waals surface area contributed by atoms with Crippen LogP contribution in [0.3, 0.4) is 0 Å². The van der Waals surface area contributed by atoms with Gasteiger partial charge in [0.15, 0.2) is 0 Å². The van der Waals surface area contributed by atoms with Crippen LogP contribution in [0.4, 0.5) is 5.69 Å². The third-order valence-electron chi connectivity index (χ3n) is 5.15. The maximum Gasteiger partial charge on any atom is 0.255 e. The number of methoxy groups -OCH3 is 1. The number of ether oxygens (including phenoxy) is 3. The van der Waals surface area contributed by atoms with Gasteiger partial charge in [0.1, 0.15) is 23.9 Å². The summed E-state index contributed by atoms with van der Waals surface area (Å²) in [6.45, 7) is 2.70. The number of rotatable bonds is 8. The molecule has 0 aromatic heterocycles. The lowest BCUT2D eigenvalue weighted by Crippen LogP contribution is -2.13. The smallest absolute Gasteiger partial charge is 0.255 e. The second-order valence-electron chi connectivity index (χ2n) is 7.36. The van der Waals surface area contributed by atoms with Crippen molar-refractivity contribution in [2.45, 2.75) is 13.5 Å². The zero-order chi connectivity index (χ0) is 23.2. The number of hydrogen-bond donors (Lipinski definition) is 1. The van der Waals surface area contributed by atoms with Gasteiger partial charge >= 0.3 is 0 Å². The standard InChI is InChI=1S/C27H24ClNO4/c1-3-32-25-12-9-20(27(30)29-22-10-13-26(31-2)24(28)16-22)14-21(25)17-33-23-11-8-18-6-4-5-7-19(18)15-23/h4-16H,3,17H2,1-2H3,(H,29,30). The Balaban J connectivity index is 1.52. The van der Waals surface area contributed by atoms with E-state index in [9.17, 15) is 4.79 Å². The molecule has 0 aliphatic heterocycles. The first-order chi connectivity index (χ1) is 16.1. The molecule has 0 heterocycles. The van der Waals surface area contributed by atoms with Gasteiger partial charge in [-0.3, -0.25) is 4.79 Å². The van der Waals surface area contributed by atoms with Gasteiger partial charge in [-0.05, 0) is 66.2 Å². The molecular formula is C27H24ClNO4. The number of fused-ring (bicyclic) bond motifs is 1. The van der Waals surface area contributed by atoms with Gasteiger partial charge < -0.3 is 19.5 Å². The normalized spacial score (nSPS) is 10.6. The number of anilines is 1. The number of carbonyl (C=O) groups is 1. The van der Waals surface area contributed by atoms with E-state index in [-0.39, 0.29) is 12.5 Å². The van der Waals surface area contributed by atoms with E-state index in [0.717, 1.165) is 22.1 Å². The molecule has 1 amide bonds. The molecule has 33 heavy (non-hydrogen) atoms. The van der Waals surface area contributed by atoms with Gasteiger partial charge in [-0.15, -0.1) is 0 Å². The van der Waals surface area contributed by atoms with Crippen molar-refractivity contribution in [3.05, 3.63) is 95.0 Å². The maximum atomic E-state index is 12.9. The van der Waals surface area contributed by atoms with Crippen molar-refractivity contribution in [3.8, 4) is 17.2 Å². The minimum atomic E-state index is -0.258. The highest BCUT2D eigenvalue weighted by molar-refractivity contribution is 6.32. The van der Waals surface area contributed by atoms with Crippen molar-refractivity contribution < 1.29 is 19.0 Å². The van der Waals surface area contributed by atoms with E-state index in [2.05, 4.69) is 11.4 Å². The van der Waals surface area contributed by atoms with E-state index < -0.39 is 0 Å². The van der Waals surface area contributed by atoms with Crippen molar-refractivity contribution in [1.29, 1.82) is 0 Å². The third kappa shape index (κ3) is 5.38. The average Bonchev–Trinajstić information content (AvgIpc) is 2.83. The highest BCUT2D eigenvalue weighted by Crippen LogP contribution is 2.28. The molecule has 0 bridgehead atoms. The topological polar surface area (TPSA) is 56.8 Å². The zero-order valence-electron chi connectivity index (χ0n) is 18.4. The van der Waals surface area contributed by atoms with Crippen LogP contribution in [0.15, 0.2) is 78.9 Å². The molecule has 1 N–H and O–H groups in total. The van der Waals surface area contributed by atoms with Crippen LogP contribution in [0.1, 0.15) is 22.8 Å². The largest absolute Gasteiger partial charge is 0.495 e. The molecule has 0 radical (unpaired) electrons. The van der Waals surface area contributed by atoms with Crippen LogP contribution in [0.25, 0.3) is 10.8 Å². The zero-order valence-corrected chi connectivity index (χ0v) is 19.2. The quantitative estimate of drug-likeness (QED) is 0.316. The van der Waals surface area contributed by atoms with E-state index in [1.54, 1.807) is 43.5 Å². The number of hydrogen-bond acceptors (Lipinski definition) is 4. The molecular weight excluding hydrogens is 438 g/mol. The molecule has 4 aromatic rings. The van der Waals surface area contributed by atoms with Crippen molar-refractivity contribution in [2.24, 2.45) is 0 Å². The summed E-state index contributed by atoms with van der Waals surface area (Å²) in [5.41, 5.74) is 1.85. The Morgan fingerprint density at radius 3 is 2.42 bits per heavy atom. The number of carbonyl (C=O) groups excluding carboxylic acids is 1. The van der Waals surface area contributed by atoms with Gasteiger partial charge in [0.25, 0.3) is 5.91 Å². The molecule has 0 aliphatic carbocycles. The summed E-state index contributed by atoms with van der Waals surface area (Å²) >= 11 is 6.17. The SMILES string of the molecule is CCOc1ccc(C(=O)Nc2ccc(OC)c(Cl)c2)cc1COc1ccc2ccccc2c1. The third-order valence-corrected chi connectivity index (χ3v) is 5.44. The van der Waals surface area contributed by atoms with Crippen LogP contribution in [0.2, 0.25) is 5.02 Å². The lowest BCUT2D eigenvalue weighted by molar-refractivity contribution is 0.102. The minimum Gasteiger partial charge on any atom is -0.495 e. The van der Waals surface area contributed by atoms with E-state index >= 15 is 0 Å². The Hall–Kier alpha value is -3.70. The minimum absolute atomic E-state index is 0.258. The Kier molecular flexibility index (Phi) is 7.01. The molecule has 168 valence electrons. The Morgan fingerprint density at radius 2 is 1.67 bits per heavy atom. The molecule has 0 saturated heterocycles. The lowest BCUT2D eigenvalue weighted by Gasteiger charge is -2.14. The summed E-state index contributed by atoms with van der Waals surface area (Å²) in [6, 6.07) is 24.5. The van der Waals surface area contributed by atoms with Crippen molar-refractivity contribution in [1.82, 2.24) is 0 Å². The van der Waals surface area contributed by atoms with E-state index in [1.165, 1.54) is 0 Å². The number of benzene rings is 4. The lowest BCUT2D eigenvalue weighted by atomic mass is 10.1. The molecule has 0 atom stereocenters. The fourth-order valence-electron chi connectivity index (χ4n) is 3.50. The van der Waals surface area contributed by atoms with E-state index in [1.807, 2.05) is 43.3 Å². The van der Waals surface area contributed by atoms with Gasteiger partial charge in [0.05, 0.1) is 18.7 Å². The first-order valence-corrected chi connectivity index (χ1v) is 11.0. The second-order valence-corrected chi connectivity index (χ2v) is 7.76. The van der Waals surface area contributed by atoms with Crippen LogP contribution >= 0.6 is 11.6 Å². The van der Waals surface area contributed by atoms with Crippen LogP contribution in [-0.2, 0) is 6.61 Å². The predicted octanol–water partition coefficient (Wildman–Crippen LogP) is 6.73. The molecule has 4 aromatic carbocycles. The van der Waals surface area contributed by atoms with E-state index in [0.29, 0.717) is 34.4 Å². The molecule has 4 rings (SSSR count). The molecule has 0 fully saturated rings. The molecule has 0 aliphatic rings. The van der Waals surface area contributed by atoms with Crippen LogP contribution in [0, 0.1) is 0 Å². The van der Waals surface area contributed by atoms with Crippen LogP contribution in [0.5, 0.6) is 17.2 Å². The van der Waals surface area contributed by atoms with Gasteiger partial charge in [-0.1, -0.05) is 41.9 Å². The first kappa shape index (κ1) is 22.5. The van der Waals surface area contributed by atoms with Crippen molar-refractivity contribution in [2.75, 3.05) is 19.0 Å². The average molecular weight is 462 g/mol. The summed E-state index contributed by atoms with van der Waals surface area (Å²) in [5, 5.41) is 5.54.